The molecular weight excluding hydrogens is 464 g/mol. The molecule has 2 saturated heterocycles. The van der Waals surface area contributed by atoms with Crippen molar-refractivity contribution >= 4 is 33.5 Å². The highest BCUT2D eigenvalue weighted by Crippen LogP contribution is 2.25. The lowest BCUT2D eigenvalue weighted by atomic mass is 10.1. The standard InChI is InChI=1S/C21H27BrN6O3/c22-16-12-24-21(25-13-16)26-17-3-4-28(14-17)20(29)15-1-2-18(23)19(11-15)31-10-7-27-5-8-30-9-6-27/h1-2,11-13,17H,3-10,14,23H2,(H,24,25,26)/t17-/m1/s1. The zero-order chi connectivity index (χ0) is 21.6. The van der Waals surface area contributed by atoms with Crippen molar-refractivity contribution in [3.8, 4) is 5.75 Å². The quantitative estimate of drug-likeness (QED) is 0.566. The Balaban J connectivity index is 1.31. The molecule has 2 aromatic rings. The number of carbonyl (C=O) groups excluding carboxylic acids is 1. The summed E-state index contributed by atoms with van der Waals surface area (Å²) in [6, 6.07) is 5.35. The van der Waals surface area contributed by atoms with Crippen molar-refractivity contribution in [1.82, 2.24) is 19.8 Å². The number of aromatic nitrogens is 2. The van der Waals surface area contributed by atoms with E-state index in [1.165, 1.54) is 0 Å². The molecule has 1 atom stereocenters. The number of rotatable bonds is 7. The van der Waals surface area contributed by atoms with E-state index in [1.54, 1.807) is 30.6 Å². The molecule has 2 aliphatic heterocycles. The molecular formula is C21H27BrN6O3. The van der Waals surface area contributed by atoms with Crippen molar-refractivity contribution in [2.75, 3.05) is 63.6 Å². The summed E-state index contributed by atoms with van der Waals surface area (Å²) in [5, 5.41) is 3.29. The average molecular weight is 491 g/mol. The number of hydrogen-bond donors (Lipinski definition) is 2. The number of anilines is 2. The first kappa shape index (κ1) is 21.8. The molecule has 0 unspecified atom stereocenters. The summed E-state index contributed by atoms with van der Waals surface area (Å²) in [6.45, 7) is 5.92. The van der Waals surface area contributed by atoms with Gasteiger partial charge in [-0.2, -0.15) is 0 Å². The lowest BCUT2D eigenvalue weighted by Gasteiger charge is -2.26. The SMILES string of the molecule is Nc1ccc(C(=O)N2CC[C@@H](Nc3ncc(Br)cn3)C2)cc1OCCN1CCOCC1. The van der Waals surface area contributed by atoms with Gasteiger partial charge < -0.3 is 25.4 Å². The van der Waals surface area contributed by atoms with Crippen LogP contribution in [-0.2, 0) is 4.74 Å². The molecule has 0 spiro atoms. The van der Waals surface area contributed by atoms with Crippen LogP contribution in [0.25, 0.3) is 0 Å². The summed E-state index contributed by atoms with van der Waals surface area (Å²) in [6.07, 6.45) is 4.23. The van der Waals surface area contributed by atoms with Crippen molar-refractivity contribution < 1.29 is 14.3 Å². The van der Waals surface area contributed by atoms with Crippen molar-refractivity contribution in [3.63, 3.8) is 0 Å². The van der Waals surface area contributed by atoms with Crippen LogP contribution in [0.3, 0.4) is 0 Å². The van der Waals surface area contributed by atoms with Crippen molar-refractivity contribution in [1.29, 1.82) is 0 Å². The van der Waals surface area contributed by atoms with Crippen LogP contribution in [0.5, 0.6) is 5.75 Å². The number of benzene rings is 1. The maximum Gasteiger partial charge on any atom is 0.254 e. The normalized spacial score (nSPS) is 19.4. The predicted molar refractivity (Wildman–Crippen MR) is 121 cm³/mol. The molecule has 31 heavy (non-hydrogen) atoms. The fourth-order valence-electron chi connectivity index (χ4n) is 3.72. The van der Waals surface area contributed by atoms with Gasteiger partial charge in [0.1, 0.15) is 12.4 Å². The number of halogens is 1. The molecule has 3 heterocycles. The van der Waals surface area contributed by atoms with E-state index in [9.17, 15) is 4.79 Å². The summed E-state index contributed by atoms with van der Waals surface area (Å²) in [5.41, 5.74) is 7.18. The van der Waals surface area contributed by atoms with Gasteiger partial charge in [0.2, 0.25) is 5.95 Å². The van der Waals surface area contributed by atoms with Crippen LogP contribution in [0.1, 0.15) is 16.8 Å². The third-order valence-electron chi connectivity index (χ3n) is 5.46. The number of morpholine rings is 1. The Morgan fingerprint density at radius 3 is 2.81 bits per heavy atom. The maximum absolute atomic E-state index is 13.0. The largest absolute Gasteiger partial charge is 0.490 e. The number of amides is 1. The molecule has 9 nitrogen and oxygen atoms in total. The maximum atomic E-state index is 13.0. The Morgan fingerprint density at radius 1 is 1.26 bits per heavy atom. The minimum absolute atomic E-state index is 0.0287. The molecule has 4 rings (SSSR count). The van der Waals surface area contributed by atoms with Gasteiger partial charge in [-0.05, 0) is 40.5 Å². The van der Waals surface area contributed by atoms with Crippen LogP contribution >= 0.6 is 15.9 Å². The summed E-state index contributed by atoms with van der Waals surface area (Å²) in [4.78, 5) is 25.6. The van der Waals surface area contributed by atoms with Gasteiger partial charge in [0.05, 0.1) is 23.4 Å². The van der Waals surface area contributed by atoms with E-state index in [1.807, 2.05) is 4.90 Å². The predicted octanol–water partition coefficient (Wildman–Crippen LogP) is 1.86. The summed E-state index contributed by atoms with van der Waals surface area (Å²) < 4.78 is 12.1. The summed E-state index contributed by atoms with van der Waals surface area (Å²) in [7, 11) is 0. The van der Waals surface area contributed by atoms with Crippen LogP contribution in [0, 0.1) is 0 Å². The summed E-state index contributed by atoms with van der Waals surface area (Å²) in [5.74, 6) is 1.08. The van der Waals surface area contributed by atoms with Crippen molar-refractivity contribution in [3.05, 3.63) is 40.6 Å². The Morgan fingerprint density at radius 2 is 2.03 bits per heavy atom. The number of hydrogen-bond acceptors (Lipinski definition) is 8. The number of ether oxygens (including phenoxy) is 2. The number of carbonyl (C=O) groups is 1. The second-order valence-electron chi connectivity index (χ2n) is 7.66. The topological polar surface area (TPSA) is 106 Å². The molecule has 1 aromatic heterocycles. The third kappa shape index (κ3) is 5.84. The number of likely N-dealkylation sites (tertiary alicyclic amines) is 1. The lowest BCUT2D eigenvalue weighted by Crippen LogP contribution is -2.38. The van der Waals surface area contributed by atoms with Crippen LogP contribution in [0.15, 0.2) is 35.1 Å². The van der Waals surface area contributed by atoms with E-state index in [4.69, 9.17) is 15.2 Å². The van der Waals surface area contributed by atoms with E-state index >= 15 is 0 Å². The van der Waals surface area contributed by atoms with Gasteiger partial charge in [0.15, 0.2) is 0 Å². The first-order valence-corrected chi connectivity index (χ1v) is 11.2. The molecule has 0 bridgehead atoms. The molecule has 1 amide bonds. The molecule has 2 fully saturated rings. The smallest absolute Gasteiger partial charge is 0.254 e. The zero-order valence-electron chi connectivity index (χ0n) is 17.3. The monoisotopic (exact) mass is 490 g/mol. The number of nitrogens with two attached hydrogens (primary N) is 1. The van der Waals surface area contributed by atoms with Crippen LogP contribution in [-0.4, -0.2) is 84.3 Å². The zero-order valence-corrected chi connectivity index (χ0v) is 18.9. The minimum Gasteiger partial charge on any atom is -0.490 e. The lowest BCUT2D eigenvalue weighted by molar-refractivity contribution is 0.0323. The van der Waals surface area contributed by atoms with Crippen LogP contribution < -0.4 is 15.8 Å². The molecule has 166 valence electrons. The van der Waals surface area contributed by atoms with Gasteiger partial charge in [-0.25, -0.2) is 9.97 Å². The number of nitrogen functional groups attached to an aromatic ring is 1. The first-order valence-electron chi connectivity index (χ1n) is 10.4. The van der Waals surface area contributed by atoms with Gasteiger partial charge in [0, 0.05) is 56.7 Å². The van der Waals surface area contributed by atoms with Gasteiger partial charge in [-0.3, -0.25) is 9.69 Å². The highest BCUT2D eigenvalue weighted by atomic mass is 79.9. The fourth-order valence-corrected chi connectivity index (χ4v) is 3.92. The minimum atomic E-state index is -0.0287. The van der Waals surface area contributed by atoms with Gasteiger partial charge in [-0.15, -0.1) is 0 Å². The Kier molecular flexibility index (Phi) is 7.21. The average Bonchev–Trinajstić information content (AvgIpc) is 3.25. The van der Waals surface area contributed by atoms with Gasteiger partial charge in [-0.1, -0.05) is 0 Å². The first-order chi connectivity index (χ1) is 15.1. The van der Waals surface area contributed by atoms with E-state index < -0.39 is 0 Å². The van der Waals surface area contributed by atoms with E-state index in [0.717, 1.165) is 43.7 Å². The van der Waals surface area contributed by atoms with Crippen LogP contribution in [0.4, 0.5) is 11.6 Å². The van der Waals surface area contributed by atoms with Crippen LogP contribution in [0.2, 0.25) is 0 Å². The molecule has 0 saturated carbocycles. The van der Waals surface area contributed by atoms with E-state index in [-0.39, 0.29) is 11.9 Å². The summed E-state index contributed by atoms with van der Waals surface area (Å²) >= 11 is 3.33. The molecule has 0 aliphatic carbocycles. The third-order valence-corrected chi connectivity index (χ3v) is 5.87. The Labute approximate surface area is 190 Å². The van der Waals surface area contributed by atoms with Crippen molar-refractivity contribution in [2.24, 2.45) is 0 Å². The second kappa shape index (κ2) is 10.3. The van der Waals surface area contributed by atoms with Gasteiger partial charge >= 0.3 is 0 Å². The van der Waals surface area contributed by atoms with E-state index in [2.05, 4.69) is 36.1 Å². The highest BCUT2D eigenvalue weighted by molar-refractivity contribution is 9.10. The Bertz CT molecular complexity index is 891. The second-order valence-corrected chi connectivity index (χ2v) is 8.58. The molecule has 0 radical (unpaired) electrons. The molecule has 2 aliphatic rings. The Hall–Kier alpha value is -2.43. The molecule has 1 aromatic carbocycles. The molecule has 10 heteroatoms. The fraction of sp³-hybridized carbons (Fsp3) is 0.476. The van der Waals surface area contributed by atoms with Gasteiger partial charge in [0.25, 0.3) is 5.91 Å². The number of nitrogens with one attached hydrogen (secondary N) is 1. The number of nitrogens with zero attached hydrogens (tertiary/aromatic N) is 4. The highest BCUT2D eigenvalue weighted by Gasteiger charge is 2.27. The van der Waals surface area contributed by atoms with E-state index in [0.29, 0.717) is 42.6 Å². The molecule has 3 N–H and O–H groups in total. The van der Waals surface area contributed by atoms with Crippen molar-refractivity contribution in [2.45, 2.75) is 12.5 Å².